The minimum absolute atomic E-state index is 0.747. The molecule has 108 valence electrons. The maximum absolute atomic E-state index is 3.64. The van der Waals surface area contributed by atoms with Crippen molar-refractivity contribution in [3.63, 3.8) is 0 Å². The molecule has 2 aromatic rings. The molecule has 0 spiro atoms. The molecule has 0 amide bonds. The van der Waals surface area contributed by atoms with Crippen LogP contribution in [0, 0.1) is 0 Å². The third-order valence-electron chi connectivity index (χ3n) is 4.39. The lowest BCUT2D eigenvalue weighted by Crippen LogP contribution is -2.21. The van der Waals surface area contributed by atoms with E-state index in [1.165, 1.54) is 35.2 Å². The largest absolute Gasteiger partial charge is 0.363 e. The monoisotopic (exact) mass is 342 g/mol. The van der Waals surface area contributed by atoms with Gasteiger partial charge in [0.25, 0.3) is 0 Å². The second kappa shape index (κ2) is 5.47. The lowest BCUT2D eigenvalue weighted by molar-refractivity contribution is 0.684. The Labute approximate surface area is 134 Å². The van der Waals surface area contributed by atoms with Gasteiger partial charge in [-0.2, -0.15) is 0 Å². The highest BCUT2D eigenvalue weighted by molar-refractivity contribution is 9.10. The first kappa shape index (κ1) is 13.4. The van der Waals surface area contributed by atoms with E-state index in [-0.39, 0.29) is 0 Å². The highest BCUT2D eigenvalue weighted by Gasteiger charge is 2.23. The molecule has 0 aromatic heterocycles. The predicted octanol–water partition coefficient (Wildman–Crippen LogP) is 4.22. The number of rotatable bonds is 4. The molecule has 1 N–H and O–H groups in total. The number of hydrogen-bond acceptors (Lipinski definition) is 2. The SMILES string of the molecule is Brc1ccc(CNC2CC2)c(N2Cc3ccccc3C2)c1. The van der Waals surface area contributed by atoms with E-state index in [0.717, 1.165) is 30.1 Å². The van der Waals surface area contributed by atoms with Gasteiger partial charge in [0.15, 0.2) is 0 Å². The van der Waals surface area contributed by atoms with Crippen molar-refractivity contribution in [3.8, 4) is 0 Å². The number of nitrogens with one attached hydrogen (secondary N) is 1. The van der Waals surface area contributed by atoms with E-state index in [2.05, 4.69) is 68.6 Å². The first-order chi connectivity index (χ1) is 10.3. The van der Waals surface area contributed by atoms with E-state index in [0.29, 0.717) is 0 Å². The quantitative estimate of drug-likeness (QED) is 0.894. The summed E-state index contributed by atoms with van der Waals surface area (Å²) in [5.74, 6) is 0. The molecule has 3 heteroatoms. The van der Waals surface area contributed by atoms with Crippen LogP contribution in [-0.2, 0) is 19.6 Å². The van der Waals surface area contributed by atoms with Gasteiger partial charge in [0.1, 0.15) is 0 Å². The van der Waals surface area contributed by atoms with Gasteiger partial charge in [0, 0.05) is 35.8 Å². The van der Waals surface area contributed by atoms with Crippen LogP contribution in [0.2, 0.25) is 0 Å². The highest BCUT2D eigenvalue weighted by Crippen LogP contribution is 2.33. The third kappa shape index (κ3) is 2.85. The maximum Gasteiger partial charge on any atom is 0.0436 e. The van der Waals surface area contributed by atoms with E-state index in [1.54, 1.807) is 0 Å². The fourth-order valence-electron chi connectivity index (χ4n) is 3.03. The average molecular weight is 343 g/mol. The van der Waals surface area contributed by atoms with Gasteiger partial charge in [-0.05, 0) is 41.7 Å². The van der Waals surface area contributed by atoms with Crippen LogP contribution in [0.1, 0.15) is 29.5 Å². The van der Waals surface area contributed by atoms with Gasteiger partial charge in [-0.25, -0.2) is 0 Å². The Hall–Kier alpha value is -1.32. The lowest BCUT2D eigenvalue weighted by atomic mass is 10.1. The third-order valence-corrected chi connectivity index (χ3v) is 4.88. The summed E-state index contributed by atoms with van der Waals surface area (Å²) in [6.07, 6.45) is 2.67. The van der Waals surface area contributed by atoms with Gasteiger partial charge in [0.05, 0.1) is 0 Å². The molecule has 4 rings (SSSR count). The number of fused-ring (bicyclic) bond motifs is 1. The standard InChI is InChI=1S/C18H19BrN2/c19-16-6-5-13(10-20-17-7-8-17)18(9-16)21-11-14-3-1-2-4-15(14)12-21/h1-6,9,17,20H,7-8,10-12H2. The van der Waals surface area contributed by atoms with Gasteiger partial charge < -0.3 is 10.2 Å². The van der Waals surface area contributed by atoms with Crippen molar-refractivity contribution in [1.82, 2.24) is 5.32 Å². The van der Waals surface area contributed by atoms with E-state index in [1.807, 2.05) is 0 Å². The molecule has 2 aliphatic rings. The van der Waals surface area contributed by atoms with Crippen molar-refractivity contribution in [2.75, 3.05) is 4.90 Å². The fraction of sp³-hybridized carbons (Fsp3) is 0.333. The maximum atomic E-state index is 3.64. The Morgan fingerprint density at radius 3 is 2.43 bits per heavy atom. The molecule has 0 radical (unpaired) electrons. The molecule has 1 saturated carbocycles. The molecule has 1 aliphatic heterocycles. The normalized spacial score (nSPS) is 17.1. The molecule has 0 bridgehead atoms. The van der Waals surface area contributed by atoms with Crippen molar-refractivity contribution >= 4 is 21.6 Å². The van der Waals surface area contributed by atoms with Crippen LogP contribution < -0.4 is 10.2 Å². The zero-order valence-electron chi connectivity index (χ0n) is 12.0. The number of halogens is 1. The molecule has 21 heavy (non-hydrogen) atoms. The van der Waals surface area contributed by atoms with E-state index >= 15 is 0 Å². The van der Waals surface area contributed by atoms with E-state index in [9.17, 15) is 0 Å². The first-order valence-corrected chi connectivity index (χ1v) is 8.42. The Morgan fingerprint density at radius 2 is 1.76 bits per heavy atom. The Morgan fingerprint density at radius 1 is 1.05 bits per heavy atom. The molecule has 0 saturated heterocycles. The van der Waals surface area contributed by atoms with Gasteiger partial charge in [-0.1, -0.05) is 46.3 Å². The number of anilines is 1. The summed E-state index contributed by atoms with van der Waals surface area (Å²) in [5, 5.41) is 3.64. The lowest BCUT2D eigenvalue weighted by Gasteiger charge is -2.22. The Kier molecular flexibility index (Phi) is 3.48. The average Bonchev–Trinajstić information content (AvgIpc) is 3.22. The van der Waals surface area contributed by atoms with Crippen LogP contribution >= 0.6 is 15.9 Å². The number of benzene rings is 2. The van der Waals surface area contributed by atoms with Gasteiger partial charge in [-0.15, -0.1) is 0 Å². The summed E-state index contributed by atoms with van der Waals surface area (Å²) in [6, 6.07) is 16.2. The summed E-state index contributed by atoms with van der Waals surface area (Å²) in [4.78, 5) is 2.49. The summed E-state index contributed by atoms with van der Waals surface area (Å²) in [5.41, 5.74) is 5.67. The van der Waals surface area contributed by atoms with Gasteiger partial charge >= 0.3 is 0 Å². The van der Waals surface area contributed by atoms with Crippen LogP contribution in [0.5, 0.6) is 0 Å². The van der Waals surface area contributed by atoms with Crippen molar-refractivity contribution < 1.29 is 0 Å². The molecule has 2 nitrogen and oxygen atoms in total. The van der Waals surface area contributed by atoms with Crippen LogP contribution in [0.25, 0.3) is 0 Å². The van der Waals surface area contributed by atoms with E-state index < -0.39 is 0 Å². The number of nitrogens with zero attached hydrogens (tertiary/aromatic N) is 1. The van der Waals surface area contributed by atoms with Crippen LogP contribution in [0.3, 0.4) is 0 Å². The van der Waals surface area contributed by atoms with Gasteiger partial charge in [0.2, 0.25) is 0 Å². The summed E-state index contributed by atoms with van der Waals surface area (Å²) in [7, 11) is 0. The second-order valence-electron chi connectivity index (χ2n) is 6.05. The summed E-state index contributed by atoms with van der Waals surface area (Å²) in [6.45, 7) is 3.01. The first-order valence-electron chi connectivity index (χ1n) is 7.63. The zero-order chi connectivity index (χ0) is 14.2. The molecular weight excluding hydrogens is 324 g/mol. The summed E-state index contributed by atoms with van der Waals surface area (Å²) < 4.78 is 1.16. The molecule has 0 atom stereocenters. The zero-order valence-corrected chi connectivity index (χ0v) is 13.6. The molecule has 1 aliphatic carbocycles. The van der Waals surface area contributed by atoms with Crippen LogP contribution in [0.4, 0.5) is 5.69 Å². The summed E-state index contributed by atoms with van der Waals surface area (Å²) >= 11 is 3.62. The Bertz CT molecular complexity index is 639. The Balaban J connectivity index is 1.60. The van der Waals surface area contributed by atoms with E-state index in [4.69, 9.17) is 0 Å². The molecule has 1 fully saturated rings. The van der Waals surface area contributed by atoms with Crippen molar-refractivity contribution in [2.24, 2.45) is 0 Å². The van der Waals surface area contributed by atoms with Crippen molar-refractivity contribution in [1.29, 1.82) is 0 Å². The minimum Gasteiger partial charge on any atom is -0.363 e. The van der Waals surface area contributed by atoms with Crippen LogP contribution in [0.15, 0.2) is 46.9 Å². The predicted molar refractivity (Wildman–Crippen MR) is 90.3 cm³/mol. The number of hydrogen-bond donors (Lipinski definition) is 1. The fourth-order valence-corrected chi connectivity index (χ4v) is 3.38. The van der Waals surface area contributed by atoms with Crippen molar-refractivity contribution in [2.45, 2.75) is 38.5 Å². The highest BCUT2D eigenvalue weighted by atomic mass is 79.9. The van der Waals surface area contributed by atoms with Gasteiger partial charge in [-0.3, -0.25) is 0 Å². The molecule has 0 unspecified atom stereocenters. The van der Waals surface area contributed by atoms with Crippen molar-refractivity contribution in [3.05, 3.63) is 63.6 Å². The molecule has 1 heterocycles. The molecular formula is C18H19BrN2. The smallest absolute Gasteiger partial charge is 0.0436 e. The topological polar surface area (TPSA) is 15.3 Å². The second-order valence-corrected chi connectivity index (χ2v) is 6.97. The van der Waals surface area contributed by atoms with Crippen LogP contribution in [-0.4, -0.2) is 6.04 Å². The minimum atomic E-state index is 0.747. The molecule has 2 aromatic carbocycles.